The minimum absolute atomic E-state index is 0.0514. The summed E-state index contributed by atoms with van der Waals surface area (Å²) in [5, 5.41) is 11.1. The van der Waals surface area contributed by atoms with Crippen LogP contribution in [-0.4, -0.2) is 47.4 Å². The molecule has 0 aromatic carbocycles. The van der Waals surface area contributed by atoms with Crippen molar-refractivity contribution in [2.45, 2.75) is 50.7 Å². The second-order valence-electron chi connectivity index (χ2n) is 6.97. The quantitative estimate of drug-likeness (QED) is 0.873. The van der Waals surface area contributed by atoms with Gasteiger partial charge in [0.1, 0.15) is 0 Å². The fourth-order valence-corrected chi connectivity index (χ4v) is 3.73. The molecule has 0 radical (unpaired) electrons. The van der Waals surface area contributed by atoms with Gasteiger partial charge in [-0.15, -0.1) is 5.10 Å². The normalized spacial score (nSPS) is 22.0. The van der Waals surface area contributed by atoms with E-state index in [1.807, 2.05) is 6.92 Å². The summed E-state index contributed by atoms with van der Waals surface area (Å²) in [4.78, 5) is 14.1. The van der Waals surface area contributed by atoms with Crippen LogP contribution in [0.3, 0.4) is 0 Å². The molecule has 140 valence electrons. The van der Waals surface area contributed by atoms with Crippen molar-refractivity contribution in [2.24, 2.45) is 0 Å². The summed E-state index contributed by atoms with van der Waals surface area (Å²) in [6.07, 6.45) is 6.13. The molecule has 0 bridgehead atoms. The number of hydrogen-bond donors (Lipinski definition) is 1. The first-order valence-electron chi connectivity index (χ1n) is 9.24. The Bertz CT molecular complexity index is 734. The number of furan rings is 1. The van der Waals surface area contributed by atoms with Crippen molar-refractivity contribution >= 4 is 11.9 Å². The highest BCUT2D eigenvalue weighted by atomic mass is 16.5. The monoisotopic (exact) mass is 360 g/mol. The molecule has 1 N–H and O–H groups in total. The molecular weight excluding hydrogens is 336 g/mol. The molecule has 4 rings (SSSR count). The minimum atomic E-state index is -0.197. The van der Waals surface area contributed by atoms with E-state index in [-0.39, 0.29) is 17.6 Å². The van der Waals surface area contributed by atoms with E-state index in [1.165, 1.54) is 6.26 Å². The second-order valence-corrected chi connectivity index (χ2v) is 6.97. The van der Waals surface area contributed by atoms with Crippen molar-refractivity contribution in [3.05, 3.63) is 30.0 Å². The number of carbonyl (C=O) groups is 1. The third kappa shape index (κ3) is 3.46. The van der Waals surface area contributed by atoms with Crippen molar-refractivity contribution in [1.82, 2.24) is 15.5 Å². The average molecular weight is 360 g/mol. The molecule has 2 aliphatic rings. The number of rotatable bonds is 5. The number of aromatic nitrogens is 2. The third-order valence-electron chi connectivity index (χ3n) is 5.28. The number of ether oxygens (including phenoxy) is 1. The molecular formula is C18H24N4O4. The number of hydrogen-bond acceptors (Lipinski definition) is 7. The summed E-state index contributed by atoms with van der Waals surface area (Å²) in [5.41, 5.74) is -0.0931. The molecule has 26 heavy (non-hydrogen) atoms. The lowest BCUT2D eigenvalue weighted by molar-refractivity contribution is -0.0546. The van der Waals surface area contributed by atoms with Crippen molar-refractivity contribution in [1.29, 1.82) is 0 Å². The summed E-state index contributed by atoms with van der Waals surface area (Å²) in [7, 11) is 0. The molecule has 1 atom stereocenters. The van der Waals surface area contributed by atoms with Crippen LogP contribution in [0.2, 0.25) is 0 Å². The lowest BCUT2D eigenvalue weighted by Crippen LogP contribution is -2.45. The van der Waals surface area contributed by atoms with Gasteiger partial charge < -0.3 is 23.8 Å². The van der Waals surface area contributed by atoms with Gasteiger partial charge in [0.15, 0.2) is 5.76 Å². The molecule has 2 aromatic rings. The number of nitrogens with zero attached hydrogens (tertiary/aromatic N) is 3. The van der Waals surface area contributed by atoms with Crippen molar-refractivity contribution in [3.63, 3.8) is 0 Å². The zero-order valence-corrected chi connectivity index (χ0v) is 14.9. The Balaban J connectivity index is 1.26. The summed E-state index contributed by atoms with van der Waals surface area (Å²) in [6.45, 7) is 4.20. The van der Waals surface area contributed by atoms with Gasteiger partial charge in [-0.05, 0) is 37.8 Å². The molecule has 4 heterocycles. The van der Waals surface area contributed by atoms with Crippen molar-refractivity contribution in [3.8, 4) is 0 Å². The van der Waals surface area contributed by atoms with Crippen LogP contribution < -0.4 is 10.2 Å². The van der Waals surface area contributed by atoms with Crippen LogP contribution >= 0.6 is 0 Å². The average Bonchev–Trinajstić information content (AvgIpc) is 3.42. The molecule has 2 saturated heterocycles. The molecule has 1 spiro atoms. The minimum Gasteiger partial charge on any atom is -0.459 e. The van der Waals surface area contributed by atoms with E-state index in [9.17, 15) is 4.79 Å². The predicted molar refractivity (Wildman–Crippen MR) is 93.0 cm³/mol. The first-order valence-corrected chi connectivity index (χ1v) is 9.24. The molecule has 2 aromatic heterocycles. The van der Waals surface area contributed by atoms with Gasteiger partial charge in [-0.25, -0.2) is 0 Å². The van der Waals surface area contributed by atoms with E-state index in [4.69, 9.17) is 13.6 Å². The lowest BCUT2D eigenvalue weighted by atomic mass is 9.88. The predicted octanol–water partition coefficient (Wildman–Crippen LogP) is 2.17. The maximum absolute atomic E-state index is 12.0. The van der Waals surface area contributed by atoms with Crippen LogP contribution in [0.15, 0.2) is 27.2 Å². The highest BCUT2D eigenvalue weighted by Crippen LogP contribution is 2.39. The zero-order valence-electron chi connectivity index (χ0n) is 14.9. The number of nitrogens with one attached hydrogen (secondary N) is 1. The van der Waals surface area contributed by atoms with Crippen LogP contribution in [0.4, 0.5) is 6.01 Å². The second kappa shape index (κ2) is 7.11. The Labute approximate surface area is 151 Å². The Morgan fingerprint density at radius 2 is 2.19 bits per heavy atom. The molecule has 2 aliphatic heterocycles. The Morgan fingerprint density at radius 3 is 2.88 bits per heavy atom. The number of piperidine rings is 1. The van der Waals surface area contributed by atoms with Gasteiger partial charge >= 0.3 is 6.01 Å². The van der Waals surface area contributed by atoms with Crippen LogP contribution in [-0.2, 0) is 11.2 Å². The number of amides is 1. The van der Waals surface area contributed by atoms with Crippen LogP contribution in [0.5, 0.6) is 0 Å². The van der Waals surface area contributed by atoms with Crippen molar-refractivity contribution in [2.75, 3.05) is 24.5 Å². The van der Waals surface area contributed by atoms with Gasteiger partial charge in [-0.3, -0.25) is 4.79 Å². The molecule has 2 fully saturated rings. The fraction of sp³-hybridized carbons (Fsp3) is 0.611. The molecule has 8 nitrogen and oxygen atoms in total. The smallest absolute Gasteiger partial charge is 0.318 e. The number of anilines is 1. The van der Waals surface area contributed by atoms with Gasteiger partial charge in [0, 0.05) is 26.1 Å². The van der Waals surface area contributed by atoms with Gasteiger partial charge in [-0.2, -0.15) is 0 Å². The third-order valence-corrected chi connectivity index (χ3v) is 5.28. The Hall–Kier alpha value is -2.35. The SMILES string of the molecule is CCc1nnc(N2CCC3(CC[C@@H](CNC(=O)c4ccco4)O3)CC2)o1. The van der Waals surface area contributed by atoms with Crippen LogP contribution in [0.25, 0.3) is 0 Å². The van der Waals surface area contributed by atoms with Crippen LogP contribution in [0, 0.1) is 0 Å². The molecule has 8 heteroatoms. The van der Waals surface area contributed by atoms with E-state index < -0.39 is 0 Å². The van der Waals surface area contributed by atoms with Crippen LogP contribution in [0.1, 0.15) is 49.1 Å². The van der Waals surface area contributed by atoms with E-state index >= 15 is 0 Å². The van der Waals surface area contributed by atoms with E-state index in [0.717, 1.165) is 45.2 Å². The standard InChI is InChI=1S/C18H24N4O4/c1-2-15-20-21-17(25-15)22-9-7-18(8-10-22)6-5-13(26-18)12-19-16(23)14-4-3-11-24-14/h3-4,11,13H,2,5-10,12H2,1H3,(H,19,23)/t13-/m0/s1. The van der Waals surface area contributed by atoms with Gasteiger partial charge in [0.05, 0.1) is 18.0 Å². The Kier molecular flexibility index (Phi) is 4.67. The summed E-state index contributed by atoms with van der Waals surface area (Å²) in [6, 6.07) is 3.97. The topological polar surface area (TPSA) is 93.6 Å². The maximum Gasteiger partial charge on any atom is 0.318 e. The maximum atomic E-state index is 12.0. The largest absolute Gasteiger partial charge is 0.459 e. The van der Waals surface area contributed by atoms with E-state index in [1.54, 1.807) is 12.1 Å². The molecule has 1 amide bonds. The highest BCUT2D eigenvalue weighted by Gasteiger charge is 2.43. The van der Waals surface area contributed by atoms with Crippen molar-refractivity contribution < 1.29 is 18.4 Å². The zero-order chi connectivity index (χ0) is 18.0. The van der Waals surface area contributed by atoms with Gasteiger partial charge in [-0.1, -0.05) is 12.0 Å². The molecule has 0 saturated carbocycles. The van der Waals surface area contributed by atoms with E-state index in [2.05, 4.69) is 20.4 Å². The first kappa shape index (κ1) is 17.1. The summed E-state index contributed by atoms with van der Waals surface area (Å²) in [5.74, 6) is 0.805. The molecule has 0 aliphatic carbocycles. The van der Waals surface area contributed by atoms with Gasteiger partial charge in [0.2, 0.25) is 5.89 Å². The summed E-state index contributed by atoms with van der Waals surface area (Å²) >= 11 is 0. The Morgan fingerprint density at radius 1 is 1.35 bits per heavy atom. The number of aryl methyl sites for hydroxylation is 1. The number of carbonyl (C=O) groups excluding carboxylic acids is 1. The van der Waals surface area contributed by atoms with Gasteiger partial charge in [0.25, 0.3) is 5.91 Å². The summed E-state index contributed by atoms with van der Waals surface area (Å²) < 4.78 is 17.1. The lowest BCUT2D eigenvalue weighted by Gasteiger charge is -2.38. The fourth-order valence-electron chi connectivity index (χ4n) is 3.73. The van der Waals surface area contributed by atoms with E-state index in [0.29, 0.717) is 24.2 Å². The first-order chi connectivity index (χ1) is 12.7. The molecule has 0 unspecified atom stereocenters. The highest BCUT2D eigenvalue weighted by molar-refractivity contribution is 5.91.